The molecule has 4 nitrogen and oxygen atoms in total. The molecule has 0 aliphatic carbocycles. The second-order valence-corrected chi connectivity index (χ2v) is 5.96. The van der Waals surface area contributed by atoms with Crippen LogP contribution >= 0.6 is 0 Å². The van der Waals surface area contributed by atoms with Crippen molar-refractivity contribution in [2.45, 2.75) is 13.3 Å². The second kappa shape index (κ2) is 6.39. The summed E-state index contributed by atoms with van der Waals surface area (Å²) in [5.41, 5.74) is 0.431. The number of carbonyl (C=O) groups is 1. The van der Waals surface area contributed by atoms with Gasteiger partial charge in [-0.1, -0.05) is 19.1 Å². The number of aldehydes is 1. The number of hydrogen-bond donors (Lipinski definition) is 0. The van der Waals surface area contributed by atoms with Gasteiger partial charge in [0.25, 0.3) is 0 Å². The zero-order chi connectivity index (χ0) is 12.7. The zero-order valence-corrected chi connectivity index (χ0v) is 10.6. The Morgan fingerprint density at radius 3 is 2.59 bits per heavy atom. The van der Waals surface area contributed by atoms with Gasteiger partial charge in [0.2, 0.25) is 0 Å². The van der Waals surface area contributed by atoms with E-state index in [4.69, 9.17) is 4.74 Å². The molecule has 0 amide bonds. The van der Waals surface area contributed by atoms with Crippen LogP contribution in [0.4, 0.5) is 0 Å². The van der Waals surface area contributed by atoms with Crippen LogP contribution in [-0.4, -0.2) is 32.8 Å². The van der Waals surface area contributed by atoms with Crippen LogP contribution in [0.1, 0.15) is 23.7 Å². The largest absolute Gasteiger partial charge is 0.492 e. The van der Waals surface area contributed by atoms with Crippen LogP contribution in [0, 0.1) is 0 Å². The third kappa shape index (κ3) is 4.56. The summed E-state index contributed by atoms with van der Waals surface area (Å²) in [6.45, 7) is 1.90. The van der Waals surface area contributed by atoms with Gasteiger partial charge in [0.05, 0.1) is 17.1 Å². The van der Waals surface area contributed by atoms with E-state index in [0.29, 0.717) is 24.0 Å². The Morgan fingerprint density at radius 1 is 1.24 bits per heavy atom. The van der Waals surface area contributed by atoms with Crippen LogP contribution < -0.4 is 4.74 Å². The smallest absolute Gasteiger partial charge is 0.153 e. The van der Waals surface area contributed by atoms with Crippen LogP contribution in [0.2, 0.25) is 0 Å². The van der Waals surface area contributed by atoms with E-state index in [1.807, 2.05) is 6.92 Å². The summed E-state index contributed by atoms with van der Waals surface area (Å²) in [6.07, 6.45) is 1.29. The SMILES string of the molecule is CCCS(=O)(=O)CCOc1ccccc1C=O. The number of ether oxygens (including phenoxy) is 1. The van der Waals surface area contributed by atoms with E-state index in [2.05, 4.69) is 0 Å². The molecule has 0 radical (unpaired) electrons. The Kier molecular flexibility index (Phi) is 5.15. The third-order valence-electron chi connectivity index (χ3n) is 2.21. The van der Waals surface area contributed by atoms with Gasteiger partial charge in [-0.25, -0.2) is 8.42 Å². The molecule has 0 spiro atoms. The number of carbonyl (C=O) groups excluding carboxylic acids is 1. The highest BCUT2D eigenvalue weighted by atomic mass is 32.2. The molecule has 0 N–H and O–H groups in total. The molecule has 5 heteroatoms. The molecule has 0 saturated heterocycles. The highest BCUT2D eigenvalue weighted by molar-refractivity contribution is 7.91. The van der Waals surface area contributed by atoms with E-state index in [9.17, 15) is 13.2 Å². The van der Waals surface area contributed by atoms with Crippen molar-refractivity contribution in [2.75, 3.05) is 18.1 Å². The quantitative estimate of drug-likeness (QED) is 0.697. The molecule has 0 aliphatic rings. The standard InChI is InChI=1S/C12H16O4S/c1-2-8-17(14,15)9-7-16-12-6-4-3-5-11(12)10-13/h3-6,10H,2,7-9H2,1H3. The molecule has 0 saturated carbocycles. The topological polar surface area (TPSA) is 60.4 Å². The molecule has 0 atom stereocenters. The first-order chi connectivity index (χ1) is 8.09. The van der Waals surface area contributed by atoms with Crippen molar-refractivity contribution in [1.82, 2.24) is 0 Å². The number of benzene rings is 1. The maximum atomic E-state index is 11.4. The molecule has 0 aromatic heterocycles. The number of hydrogen-bond acceptors (Lipinski definition) is 4. The Balaban J connectivity index is 2.54. The van der Waals surface area contributed by atoms with Crippen LogP contribution in [0.5, 0.6) is 5.75 Å². The number of rotatable bonds is 7. The van der Waals surface area contributed by atoms with Gasteiger partial charge in [-0.3, -0.25) is 4.79 Å². The van der Waals surface area contributed by atoms with Crippen molar-refractivity contribution in [2.24, 2.45) is 0 Å². The van der Waals surface area contributed by atoms with E-state index in [1.54, 1.807) is 24.3 Å². The molecule has 0 aliphatic heterocycles. The lowest BCUT2D eigenvalue weighted by Crippen LogP contribution is -2.17. The zero-order valence-electron chi connectivity index (χ0n) is 9.76. The molecular formula is C12H16O4S. The fourth-order valence-corrected chi connectivity index (χ4v) is 2.56. The van der Waals surface area contributed by atoms with E-state index < -0.39 is 9.84 Å². The first kappa shape index (κ1) is 13.7. The van der Waals surface area contributed by atoms with Crippen LogP contribution in [0.25, 0.3) is 0 Å². The fourth-order valence-electron chi connectivity index (χ4n) is 1.40. The van der Waals surface area contributed by atoms with Crippen molar-refractivity contribution in [3.63, 3.8) is 0 Å². The van der Waals surface area contributed by atoms with Gasteiger partial charge in [0.1, 0.15) is 12.4 Å². The average molecular weight is 256 g/mol. The summed E-state index contributed by atoms with van der Waals surface area (Å²) >= 11 is 0. The molecule has 1 rings (SSSR count). The molecule has 0 fully saturated rings. The van der Waals surface area contributed by atoms with E-state index in [1.165, 1.54) is 0 Å². The van der Waals surface area contributed by atoms with Crippen molar-refractivity contribution in [3.8, 4) is 5.75 Å². The lowest BCUT2D eigenvalue weighted by molar-refractivity contribution is 0.112. The molecule has 0 unspecified atom stereocenters. The van der Waals surface area contributed by atoms with Crippen LogP contribution in [0.15, 0.2) is 24.3 Å². The minimum Gasteiger partial charge on any atom is -0.492 e. The normalized spacial score (nSPS) is 11.1. The highest BCUT2D eigenvalue weighted by Crippen LogP contribution is 2.15. The van der Waals surface area contributed by atoms with E-state index in [-0.39, 0.29) is 18.1 Å². The summed E-state index contributed by atoms with van der Waals surface area (Å²) in [5, 5.41) is 0. The Labute approximate surface area is 102 Å². The Bertz CT molecular complexity index is 465. The van der Waals surface area contributed by atoms with Gasteiger partial charge in [0, 0.05) is 0 Å². The fraction of sp³-hybridized carbons (Fsp3) is 0.417. The summed E-state index contributed by atoms with van der Waals surface area (Å²) in [5.74, 6) is 0.578. The first-order valence-corrected chi connectivity index (χ1v) is 7.28. The van der Waals surface area contributed by atoms with Gasteiger partial charge in [-0.15, -0.1) is 0 Å². The average Bonchev–Trinajstić information content (AvgIpc) is 2.29. The lowest BCUT2D eigenvalue weighted by Gasteiger charge is -2.08. The van der Waals surface area contributed by atoms with Crippen LogP contribution in [-0.2, 0) is 9.84 Å². The Hall–Kier alpha value is -1.36. The van der Waals surface area contributed by atoms with Crippen molar-refractivity contribution in [3.05, 3.63) is 29.8 Å². The van der Waals surface area contributed by atoms with Crippen molar-refractivity contribution >= 4 is 16.1 Å². The van der Waals surface area contributed by atoms with Crippen LogP contribution in [0.3, 0.4) is 0 Å². The van der Waals surface area contributed by atoms with Gasteiger partial charge in [-0.2, -0.15) is 0 Å². The summed E-state index contributed by atoms with van der Waals surface area (Å²) in [6, 6.07) is 6.74. The maximum absolute atomic E-state index is 11.4. The minimum atomic E-state index is -3.03. The summed E-state index contributed by atoms with van der Waals surface area (Å²) in [7, 11) is -3.03. The minimum absolute atomic E-state index is 0.0198. The number of para-hydroxylation sites is 1. The van der Waals surface area contributed by atoms with E-state index in [0.717, 1.165) is 0 Å². The third-order valence-corrected chi connectivity index (χ3v) is 4.03. The molecule has 1 aromatic rings. The van der Waals surface area contributed by atoms with Gasteiger partial charge >= 0.3 is 0 Å². The van der Waals surface area contributed by atoms with Crippen molar-refractivity contribution in [1.29, 1.82) is 0 Å². The van der Waals surface area contributed by atoms with Crippen molar-refractivity contribution < 1.29 is 17.9 Å². The molecule has 0 heterocycles. The van der Waals surface area contributed by atoms with E-state index >= 15 is 0 Å². The monoisotopic (exact) mass is 256 g/mol. The number of sulfone groups is 1. The molecular weight excluding hydrogens is 240 g/mol. The van der Waals surface area contributed by atoms with Gasteiger partial charge < -0.3 is 4.74 Å². The van der Waals surface area contributed by atoms with Gasteiger partial charge in [0.15, 0.2) is 16.1 Å². The predicted octanol–water partition coefficient (Wildman–Crippen LogP) is 1.70. The molecule has 0 bridgehead atoms. The lowest BCUT2D eigenvalue weighted by atomic mass is 10.2. The molecule has 1 aromatic carbocycles. The maximum Gasteiger partial charge on any atom is 0.153 e. The first-order valence-electron chi connectivity index (χ1n) is 5.46. The highest BCUT2D eigenvalue weighted by Gasteiger charge is 2.10. The van der Waals surface area contributed by atoms with Gasteiger partial charge in [-0.05, 0) is 18.6 Å². The Morgan fingerprint density at radius 2 is 1.94 bits per heavy atom. The molecule has 94 valence electrons. The predicted molar refractivity (Wildman–Crippen MR) is 66.3 cm³/mol. The second-order valence-electron chi connectivity index (χ2n) is 3.66. The molecule has 17 heavy (non-hydrogen) atoms. The summed E-state index contributed by atoms with van der Waals surface area (Å²) in [4.78, 5) is 10.7. The summed E-state index contributed by atoms with van der Waals surface area (Å²) < 4.78 is 28.2.